The summed E-state index contributed by atoms with van der Waals surface area (Å²) in [5.41, 5.74) is 4.03. The zero-order valence-electron chi connectivity index (χ0n) is 20.7. The smallest absolute Gasteiger partial charge is 0.200 e. The molecule has 190 valence electrons. The molecule has 1 aliphatic rings. The molecule has 0 spiro atoms. The number of halogens is 5. The molecule has 0 N–H and O–H groups in total. The molecule has 4 aromatic rings. The summed E-state index contributed by atoms with van der Waals surface area (Å²) in [5, 5.41) is 0.329. The lowest BCUT2D eigenvalue weighted by atomic mass is 9.84. The molecular weight excluding hydrogens is 502 g/mol. The molecule has 0 bridgehead atoms. The van der Waals surface area contributed by atoms with Crippen LogP contribution in [0.1, 0.15) is 22.6 Å². The van der Waals surface area contributed by atoms with E-state index in [1.54, 1.807) is 12.1 Å². The van der Waals surface area contributed by atoms with Crippen molar-refractivity contribution in [1.82, 2.24) is 0 Å². The van der Waals surface area contributed by atoms with Gasteiger partial charge in [0.15, 0.2) is 23.3 Å². The van der Waals surface area contributed by atoms with Gasteiger partial charge in [-0.25, -0.2) is 22.0 Å². The molecule has 2 nitrogen and oxygen atoms in total. The molecule has 0 aromatic heterocycles. The molecule has 8 heteroatoms. The first kappa shape index (κ1) is 25.2. The van der Waals surface area contributed by atoms with Crippen LogP contribution in [0.25, 0.3) is 0 Å². The second kappa shape index (κ2) is 9.46. The topological polar surface area (TPSA) is 6.48 Å². The van der Waals surface area contributed by atoms with E-state index in [4.69, 9.17) is 0 Å². The summed E-state index contributed by atoms with van der Waals surface area (Å²) in [5.74, 6) is -9.88. The van der Waals surface area contributed by atoms with Gasteiger partial charge in [0.1, 0.15) is 0 Å². The van der Waals surface area contributed by atoms with Gasteiger partial charge in [0.05, 0.1) is 5.30 Å². The van der Waals surface area contributed by atoms with E-state index in [1.807, 2.05) is 92.6 Å². The molecule has 0 saturated heterocycles. The monoisotopic (exact) mass is 526 g/mol. The molecule has 0 amide bonds. The first-order valence-electron chi connectivity index (χ1n) is 11.6. The number of hydrogen-bond acceptors (Lipinski definition) is 2. The standard InChI is InChI=1S/C29H24F5N2P/c1-35(2)17-10-12-19-21(14-17)37(29-27(33)25(31)24(30)26(32)28(29)34)22-15-18(36(3)4)11-13-20(22)23(19)16-8-6-5-7-9-16/h5-15,23H,1-4H3. The molecule has 0 unspecified atom stereocenters. The van der Waals surface area contributed by atoms with Crippen LogP contribution in [-0.2, 0) is 0 Å². The highest BCUT2D eigenvalue weighted by atomic mass is 31.1. The fraction of sp³-hybridized carbons (Fsp3) is 0.172. The number of benzene rings is 4. The number of anilines is 2. The minimum atomic E-state index is -2.16. The van der Waals surface area contributed by atoms with Gasteiger partial charge < -0.3 is 9.80 Å². The van der Waals surface area contributed by atoms with Crippen molar-refractivity contribution < 1.29 is 22.0 Å². The molecule has 1 heterocycles. The van der Waals surface area contributed by atoms with Crippen LogP contribution < -0.4 is 25.7 Å². The lowest BCUT2D eigenvalue weighted by molar-refractivity contribution is 0.384. The maximum absolute atomic E-state index is 15.4. The van der Waals surface area contributed by atoms with Gasteiger partial charge in [-0.05, 0) is 59.5 Å². The van der Waals surface area contributed by atoms with Crippen molar-refractivity contribution in [1.29, 1.82) is 0 Å². The van der Waals surface area contributed by atoms with Crippen molar-refractivity contribution in [2.24, 2.45) is 0 Å². The van der Waals surface area contributed by atoms with E-state index in [-0.39, 0.29) is 5.92 Å². The van der Waals surface area contributed by atoms with Crippen LogP contribution in [0.2, 0.25) is 0 Å². The fourth-order valence-corrected chi connectivity index (χ4v) is 7.61. The second-order valence-corrected chi connectivity index (χ2v) is 11.5. The number of rotatable bonds is 4. The Balaban J connectivity index is 1.92. The Morgan fingerprint density at radius 3 is 1.43 bits per heavy atom. The number of hydrogen-bond donors (Lipinski definition) is 0. The number of nitrogens with zero attached hydrogens (tertiary/aromatic N) is 2. The fourth-order valence-electron chi connectivity index (χ4n) is 4.83. The third-order valence-corrected chi connectivity index (χ3v) is 9.29. The zero-order valence-corrected chi connectivity index (χ0v) is 21.6. The van der Waals surface area contributed by atoms with E-state index in [1.165, 1.54) is 0 Å². The molecule has 0 atom stereocenters. The van der Waals surface area contributed by atoms with Crippen LogP contribution in [0.4, 0.5) is 33.3 Å². The number of fused-ring (bicyclic) bond motifs is 2. The van der Waals surface area contributed by atoms with Gasteiger partial charge in [-0.2, -0.15) is 0 Å². The molecule has 37 heavy (non-hydrogen) atoms. The van der Waals surface area contributed by atoms with Crippen molar-refractivity contribution in [2.45, 2.75) is 5.92 Å². The van der Waals surface area contributed by atoms with Crippen LogP contribution in [0, 0.1) is 29.1 Å². The van der Waals surface area contributed by atoms with Gasteiger partial charge in [-0.15, -0.1) is 0 Å². The molecule has 4 aromatic carbocycles. The van der Waals surface area contributed by atoms with Gasteiger partial charge in [-0.1, -0.05) is 42.5 Å². The first-order chi connectivity index (χ1) is 17.6. The summed E-state index contributed by atoms with van der Waals surface area (Å²) in [4.78, 5) is 3.69. The van der Waals surface area contributed by atoms with Crippen LogP contribution in [-0.4, -0.2) is 28.2 Å². The third kappa shape index (κ3) is 4.06. The first-order valence-corrected chi connectivity index (χ1v) is 12.9. The molecule has 1 aliphatic heterocycles. The average molecular weight is 526 g/mol. The highest BCUT2D eigenvalue weighted by Crippen LogP contribution is 2.49. The molecule has 0 saturated carbocycles. The average Bonchev–Trinajstić information content (AvgIpc) is 2.90. The largest absolute Gasteiger partial charge is 0.378 e. The van der Waals surface area contributed by atoms with E-state index in [0.717, 1.165) is 28.1 Å². The predicted octanol–water partition coefficient (Wildman–Crippen LogP) is 5.77. The predicted molar refractivity (Wildman–Crippen MR) is 141 cm³/mol. The Hall–Kier alpha value is -3.44. The summed E-state index contributed by atoms with van der Waals surface area (Å²) in [6.07, 6.45) is 0. The van der Waals surface area contributed by atoms with E-state index < -0.39 is 42.3 Å². The third-order valence-electron chi connectivity index (χ3n) is 6.71. The van der Waals surface area contributed by atoms with Gasteiger partial charge >= 0.3 is 0 Å². The summed E-state index contributed by atoms with van der Waals surface area (Å²) in [6.45, 7) is 0. The van der Waals surface area contributed by atoms with Crippen LogP contribution in [0.3, 0.4) is 0 Å². The Morgan fingerprint density at radius 2 is 1.00 bits per heavy atom. The van der Waals surface area contributed by atoms with E-state index >= 15 is 8.78 Å². The van der Waals surface area contributed by atoms with Crippen molar-refractivity contribution in [3.05, 3.63) is 113 Å². The lowest BCUT2D eigenvalue weighted by Crippen LogP contribution is -2.37. The zero-order chi connectivity index (χ0) is 26.6. The normalized spacial score (nSPS) is 16.2. The van der Waals surface area contributed by atoms with Crippen LogP contribution in [0.5, 0.6) is 0 Å². The van der Waals surface area contributed by atoms with E-state index in [2.05, 4.69) is 0 Å². The minimum Gasteiger partial charge on any atom is -0.378 e. The Kier molecular flexibility index (Phi) is 6.45. The van der Waals surface area contributed by atoms with Gasteiger partial charge in [-0.3, -0.25) is 0 Å². The van der Waals surface area contributed by atoms with Crippen molar-refractivity contribution in [3.8, 4) is 0 Å². The maximum Gasteiger partial charge on any atom is 0.200 e. The maximum atomic E-state index is 15.4. The molecule has 0 aliphatic carbocycles. The van der Waals surface area contributed by atoms with Gasteiger partial charge in [0.25, 0.3) is 0 Å². The van der Waals surface area contributed by atoms with Crippen molar-refractivity contribution in [3.63, 3.8) is 0 Å². The van der Waals surface area contributed by atoms with Gasteiger partial charge in [0.2, 0.25) is 5.82 Å². The van der Waals surface area contributed by atoms with E-state index in [9.17, 15) is 13.2 Å². The van der Waals surface area contributed by atoms with E-state index in [0.29, 0.717) is 10.6 Å². The summed E-state index contributed by atoms with van der Waals surface area (Å²) in [7, 11) is 5.19. The Bertz CT molecular complexity index is 1420. The highest BCUT2D eigenvalue weighted by molar-refractivity contribution is 7.80. The molecule has 0 radical (unpaired) electrons. The molecule has 0 fully saturated rings. The summed E-state index contributed by atoms with van der Waals surface area (Å²) >= 11 is 0. The Labute approximate surface area is 213 Å². The molecule has 5 rings (SSSR count). The van der Waals surface area contributed by atoms with Crippen LogP contribution >= 0.6 is 7.92 Å². The SMILES string of the molecule is CN(C)c1ccc2c(c1)P(c1c(F)c(F)c(F)c(F)c1F)c1cc(N(C)C)ccc1C2c1ccccc1. The van der Waals surface area contributed by atoms with Crippen LogP contribution in [0.15, 0.2) is 66.7 Å². The van der Waals surface area contributed by atoms with Gasteiger partial charge in [0, 0.05) is 45.5 Å². The highest BCUT2D eigenvalue weighted by Gasteiger charge is 2.39. The minimum absolute atomic E-state index is 0.279. The lowest BCUT2D eigenvalue weighted by Gasteiger charge is -2.36. The molecular formula is C29H24F5N2P. The van der Waals surface area contributed by atoms with Crippen molar-refractivity contribution >= 4 is 35.2 Å². The Morgan fingerprint density at radius 1 is 0.568 bits per heavy atom. The second-order valence-electron chi connectivity index (χ2n) is 9.37. The summed E-state index contributed by atoms with van der Waals surface area (Å²) in [6, 6.07) is 20.9. The summed E-state index contributed by atoms with van der Waals surface area (Å²) < 4.78 is 73.8. The quantitative estimate of drug-likeness (QED) is 0.127. The van der Waals surface area contributed by atoms with Crippen molar-refractivity contribution in [2.75, 3.05) is 38.0 Å².